The molecule has 0 aromatic rings. The van der Waals surface area contributed by atoms with Crippen molar-refractivity contribution in [3.8, 4) is 0 Å². The molecule has 0 spiro atoms. The van der Waals surface area contributed by atoms with Crippen LogP contribution >= 0.6 is 11.6 Å². The van der Waals surface area contributed by atoms with Crippen molar-refractivity contribution in [1.82, 2.24) is 15.5 Å². The number of amides is 2. The molecule has 5 aliphatic rings. The zero-order valence-electron chi connectivity index (χ0n) is 22.7. The zero-order valence-corrected chi connectivity index (χ0v) is 23.4. The molecule has 2 aliphatic heterocycles. The highest BCUT2D eigenvalue weighted by atomic mass is 35.5. The smallest absolute Gasteiger partial charge is 0.353 e. The predicted octanol–water partition coefficient (Wildman–Crippen LogP) is 6.00. The van der Waals surface area contributed by atoms with Gasteiger partial charge in [-0.2, -0.15) is 13.2 Å². The highest BCUT2D eigenvalue weighted by molar-refractivity contribution is 6.20. The Morgan fingerprint density at radius 1 is 0.974 bits per heavy atom. The number of hydrogen-bond acceptors (Lipinski definition) is 3. The lowest BCUT2D eigenvalue weighted by atomic mass is 9.65. The molecule has 38 heavy (non-hydrogen) atoms. The highest BCUT2D eigenvalue weighted by Gasteiger charge is 2.50. The first-order valence-electron chi connectivity index (χ1n) is 15.2. The average molecular weight is 560 g/mol. The summed E-state index contributed by atoms with van der Waals surface area (Å²) in [6.45, 7) is 3.06. The number of hydrogen-bond donors (Lipinski definition) is 2. The van der Waals surface area contributed by atoms with Crippen LogP contribution < -0.4 is 10.6 Å². The standard InChI is InChI=1S/C29H45ClF3N3O2/c1-17-10-11-21(35-27(37)18-6-5-7-20(12-18)29(31,32)33)14-23(17)24-13-19-16-34-26(30)15-25(19)36(28(24)38)22-8-3-2-4-9-22/h17-26,34H,2-16H2,1H3,(H,35,37). The highest BCUT2D eigenvalue weighted by Crippen LogP contribution is 2.46. The molecule has 0 bridgehead atoms. The Balaban J connectivity index is 1.27. The van der Waals surface area contributed by atoms with Crippen molar-refractivity contribution in [2.24, 2.45) is 35.5 Å². The van der Waals surface area contributed by atoms with Crippen molar-refractivity contribution < 1.29 is 22.8 Å². The van der Waals surface area contributed by atoms with Gasteiger partial charge in [-0.3, -0.25) is 9.59 Å². The number of nitrogens with zero attached hydrogens (tertiary/aromatic N) is 1. The topological polar surface area (TPSA) is 61.4 Å². The van der Waals surface area contributed by atoms with Crippen LogP contribution in [0.2, 0.25) is 0 Å². The summed E-state index contributed by atoms with van der Waals surface area (Å²) in [6, 6.07) is 0.434. The second-order valence-corrected chi connectivity index (χ2v) is 13.6. The summed E-state index contributed by atoms with van der Waals surface area (Å²) in [7, 11) is 0. The van der Waals surface area contributed by atoms with E-state index in [1.165, 1.54) is 19.3 Å². The third-order valence-corrected chi connectivity index (χ3v) is 11.0. The predicted molar refractivity (Wildman–Crippen MR) is 141 cm³/mol. The lowest BCUT2D eigenvalue weighted by Gasteiger charge is -2.54. The summed E-state index contributed by atoms with van der Waals surface area (Å²) in [4.78, 5) is 29.5. The first kappa shape index (κ1) is 28.5. The molecule has 9 atom stereocenters. The van der Waals surface area contributed by atoms with E-state index < -0.39 is 18.0 Å². The van der Waals surface area contributed by atoms with Gasteiger partial charge in [-0.05, 0) is 82.0 Å². The van der Waals surface area contributed by atoms with E-state index in [1.807, 2.05) is 0 Å². The number of halogens is 4. The number of piperidine rings is 2. The molecule has 2 amide bonds. The van der Waals surface area contributed by atoms with Crippen LogP contribution in [0, 0.1) is 35.5 Å². The molecule has 2 heterocycles. The van der Waals surface area contributed by atoms with Crippen molar-refractivity contribution in [2.45, 2.75) is 127 Å². The summed E-state index contributed by atoms with van der Waals surface area (Å²) < 4.78 is 39.9. The molecule has 9 unspecified atom stereocenters. The molecule has 5 nitrogen and oxygen atoms in total. The summed E-state index contributed by atoms with van der Waals surface area (Å²) in [6.07, 6.45) is 6.62. The number of carbonyl (C=O) groups excluding carboxylic acids is 2. The molecular weight excluding hydrogens is 515 g/mol. The van der Waals surface area contributed by atoms with Crippen LogP contribution in [0.4, 0.5) is 13.2 Å². The molecule has 0 aromatic carbocycles. The van der Waals surface area contributed by atoms with Gasteiger partial charge in [0.2, 0.25) is 11.8 Å². The fourth-order valence-corrected chi connectivity index (χ4v) is 8.80. The second-order valence-electron chi connectivity index (χ2n) is 13.1. The third-order valence-electron chi connectivity index (χ3n) is 10.7. The Morgan fingerprint density at radius 2 is 1.74 bits per heavy atom. The van der Waals surface area contributed by atoms with E-state index in [0.29, 0.717) is 30.7 Å². The van der Waals surface area contributed by atoms with Gasteiger partial charge in [0, 0.05) is 36.5 Å². The normalized spacial score (nSPS) is 41.4. The lowest BCUT2D eigenvalue weighted by Crippen LogP contribution is -2.63. The maximum absolute atomic E-state index is 14.2. The Labute approximate surface area is 230 Å². The van der Waals surface area contributed by atoms with E-state index >= 15 is 0 Å². The van der Waals surface area contributed by atoms with Crippen molar-refractivity contribution >= 4 is 23.4 Å². The van der Waals surface area contributed by atoms with Gasteiger partial charge in [-0.15, -0.1) is 11.6 Å². The van der Waals surface area contributed by atoms with E-state index in [4.69, 9.17) is 11.6 Å². The van der Waals surface area contributed by atoms with Gasteiger partial charge in [0.15, 0.2) is 0 Å². The summed E-state index contributed by atoms with van der Waals surface area (Å²) in [5.41, 5.74) is -0.100. The number of alkyl halides is 4. The van der Waals surface area contributed by atoms with E-state index in [0.717, 1.165) is 51.5 Å². The molecule has 0 radical (unpaired) electrons. The largest absolute Gasteiger partial charge is 0.391 e. The van der Waals surface area contributed by atoms with Gasteiger partial charge < -0.3 is 15.5 Å². The van der Waals surface area contributed by atoms with Gasteiger partial charge in [0.05, 0.1) is 11.4 Å². The van der Waals surface area contributed by atoms with Crippen LogP contribution in [-0.2, 0) is 9.59 Å². The van der Waals surface area contributed by atoms with Crippen LogP contribution in [-0.4, -0.2) is 53.1 Å². The average Bonchev–Trinajstić information content (AvgIpc) is 2.89. The van der Waals surface area contributed by atoms with E-state index in [2.05, 4.69) is 22.5 Å². The lowest BCUT2D eigenvalue weighted by molar-refractivity contribution is -0.186. The van der Waals surface area contributed by atoms with Crippen LogP contribution in [0.3, 0.4) is 0 Å². The monoisotopic (exact) mass is 559 g/mol. The van der Waals surface area contributed by atoms with Crippen LogP contribution in [0.1, 0.15) is 96.8 Å². The SMILES string of the molecule is CC1CCC(NC(=O)C2CCCC(C(F)(F)F)C2)CC1C1CC2CNC(Cl)CC2N(C2CCCCC2)C1=O. The van der Waals surface area contributed by atoms with E-state index in [-0.39, 0.29) is 54.1 Å². The van der Waals surface area contributed by atoms with Crippen molar-refractivity contribution in [1.29, 1.82) is 0 Å². The van der Waals surface area contributed by atoms with Gasteiger partial charge in [-0.1, -0.05) is 32.6 Å². The molecular formula is C29H45ClF3N3O2. The summed E-state index contributed by atoms with van der Waals surface area (Å²) >= 11 is 6.51. The maximum Gasteiger partial charge on any atom is 0.391 e. The Morgan fingerprint density at radius 3 is 2.47 bits per heavy atom. The minimum absolute atomic E-state index is 0.0640. The number of carbonyl (C=O) groups is 2. The molecule has 216 valence electrons. The summed E-state index contributed by atoms with van der Waals surface area (Å²) in [5.74, 6) is -0.997. The third kappa shape index (κ3) is 6.16. The maximum atomic E-state index is 14.2. The molecule has 5 rings (SSSR count). The van der Waals surface area contributed by atoms with Crippen molar-refractivity contribution in [3.63, 3.8) is 0 Å². The van der Waals surface area contributed by atoms with Crippen LogP contribution in [0.15, 0.2) is 0 Å². The number of fused-ring (bicyclic) bond motifs is 1. The van der Waals surface area contributed by atoms with E-state index in [9.17, 15) is 22.8 Å². The molecule has 3 saturated carbocycles. The first-order valence-corrected chi connectivity index (χ1v) is 15.6. The van der Waals surface area contributed by atoms with Gasteiger partial charge in [0.1, 0.15) is 0 Å². The van der Waals surface area contributed by atoms with Gasteiger partial charge in [-0.25, -0.2) is 0 Å². The molecule has 2 saturated heterocycles. The zero-order chi connectivity index (χ0) is 27.0. The Bertz CT molecular complexity index is 851. The number of nitrogens with one attached hydrogen (secondary N) is 2. The van der Waals surface area contributed by atoms with Crippen LogP contribution in [0.5, 0.6) is 0 Å². The van der Waals surface area contributed by atoms with Gasteiger partial charge in [0.25, 0.3) is 0 Å². The molecule has 2 N–H and O–H groups in total. The first-order chi connectivity index (χ1) is 18.1. The quantitative estimate of drug-likeness (QED) is 0.328. The van der Waals surface area contributed by atoms with Crippen molar-refractivity contribution in [3.05, 3.63) is 0 Å². The van der Waals surface area contributed by atoms with Gasteiger partial charge >= 0.3 is 6.18 Å². The molecule has 5 fully saturated rings. The fourth-order valence-electron chi connectivity index (χ4n) is 8.53. The Kier molecular flexibility index (Phi) is 8.88. The summed E-state index contributed by atoms with van der Waals surface area (Å²) in [5, 5.41) is 6.57. The van der Waals surface area contributed by atoms with E-state index in [1.54, 1.807) is 0 Å². The molecule has 3 aliphatic carbocycles. The van der Waals surface area contributed by atoms with Crippen molar-refractivity contribution in [2.75, 3.05) is 6.54 Å². The molecule has 0 aromatic heterocycles. The van der Waals surface area contributed by atoms with Crippen LogP contribution in [0.25, 0.3) is 0 Å². The Hall–Kier alpha value is -1.02. The minimum Gasteiger partial charge on any atom is -0.353 e. The second kappa shape index (κ2) is 11.8. The number of rotatable bonds is 4. The fraction of sp³-hybridized carbons (Fsp3) is 0.931. The number of likely N-dealkylation sites (tertiary alicyclic amines) is 1. The minimum atomic E-state index is -4.23. The molecule has 9 heteroatoms.